The Bertz CT molecular complexity index is 1550. The molecule has 7 unspecified atom stereocenters. The first-order chi connectivity index (χ1) is 34.3. The van der Waals surface area contributed by atoms with Crippen LogP contribution in [-0.2, 0) is 14.3 Å². The minimum Gasteiger partial charge on any atom is -0.394 e. The van der Waals surface area contributed by atoms with Gasteiger partial charge in [-0.25, -0.2) is 0 Å². The molecule has 70 heavy (non-hydrogen) atoms. The Morgan fingerprint density at radius 3 is 1.37 bits per heavy atom. The highest BCUT2D eigenvalue weighted by Gasteiger charge is 2.44. The van der Waals surface area contributed by atoms with Gasteiger partial charge in [0.2, 0.25) is 5.91 Å². The van der Waals surface area contributed by atoms with Crippen LogP contribution in [0.4, 0.5) is 0 Å². The Morgan fingerprint density at radius 2 is 0.900 bits per heavy atom. The largest absolute Gasteiger partial charge is 0.394 e. The van der Waals surface area contributed by atoms with Gasteiger partial charge in [-0.2, -0.15) is 0 Å². The average Bonchev–Trinajstić information content (AvgIpc) is 3.36. The molecule has 6 N–H and O–H groups in total. The normalized spacial score (nSPS) is 20.5. The summed E-state index contributed by atoms with van der Waals surface area (Å²) in [6, 6.07) is -0.850. The van der Waals surface area contributed by atoms with Gasteiger partial charge in [-0.3, -0.25) is 4.79 Å². The summed E-state index contributed by atoms with van der Waals surface area (Å²) in [5.41, 5.74) is 0. The molecule has 9 nitrogen and oxygen atoms in total. The molecule has 9 heteroatoms. The van der Waals surface area contributed by atoms with Gasteiger partial charge in [-0.05, 0) is 103 Å². The molecule has 1 rings (SSSR count). The van der Waals surface area contributed by atoms with Gasteiger partial charge < -0.3 is 40.3 Å². The fourth-order valence-electron chi connectivity index (χ4n) is 7.63. The number of ether oxygens (including phenoxy) is 2. The monoisotopic (exact) mass is 974 g/mol. The smallest absolute Gasteiger partial charge is 0.220 e. The van der Waals surface area contributed by atoms with E-state index in [4.69, 9.17) is 9.47 Å². The zero-order valence-corrected chi connectivity index (χ0v) is 43.7. The number of aliphatic hydroxyl groups excluding tert-OH is 5. The van der Waals surface area contributed by atoms with E-state index in [2.05, 4.69) is 141 Å². The lowest BCUT2D eigenvalue weighted by Gasteiger charge is -2.40. The summed E-state index contributed by atoms with van der Waals surface area (Å²) in [5.74, 6) is -0.225. The zero-order chi connectivity index (χ0) is 50.8. The van der Waals surface area contributed by atoms with Crippen molar-refractivity contribution in [2.45, 2.75) is 230 Å². The Morgan fingerprint density at radius 1 is 0.500 bits per heavy atom. The van der Waals surface area contributed by atoms with Crippen LogP contribution in [0.25, 0.3) is 0 Å². The molecule has 0 aliphatic carbocycles. The second-order valence-electron chi connectivity index (χ2n) is 18.3. The van der Waals surface area contributed by atoms with Gasteiger partial charge in [0.25, 0.3) is 0 Å². The molecule has 0 aromatic carbocycles. The lowest BCUT2D eigenvalue weighted by atomic mass is 9.99. The maximum Gasteiger partial charge on any atom is 0.220 e. The van der Waals surface area contributed by atoms with E-state index >= 15 is 0 Å². The van der Waals surface area contributed by atoms with E-state index in [1.807, 2.05) is 6.08 Å². The van der Waals surface area contributed by atoms with E-state index in [0.29, 0.717) is 6.42 Å². The third-order valence-electron chi connectivity index (χ3n) is 12.0. The Hall–Kier alpha value is -3.67. The number of aliphatic hydroxyl groups is 5. The minimum absolute atomic E-state index is 0.224. The summed E-state index contributed by atoms with van der Waals surface area (Å²) in [6.07, 6.45) is 67.9. The Kier molecular flexibility index (Phi) is 45.0. The molecule has 1 aliphatic rings. The molecule has 1 heterocycles. The molecule has 1 amide bonds. The molecule has 1 saturated heterocycles. The van der Waals surface area contributed by atoms with Crippen molar-refractivity contribution < 1.29 is 39.8 Å². The Balaban J connectivity index is 2.31. The number of nitrogens with one attached hydrogen (secondary N) is 1. The first-order valence-corrected chi connectivity index (χ1v) is 27.4. The molecule has 7 atom stereocenters. The summed E-state index contributed by atoms with van der Waals surface area (Å²) < 4.78 is 11.2. The lowest BCUT2D eigenvalue weighted by molar-refractivity contribution is -0.302. The standard InChI is InChI=1S/C61H99NO8/c1-3-5-7-9-11-13-15-17-19-21-22-23-24-25-26-27-28-29-30-31-32-33-34-35-37-39-41-43-45-47-49-51-57(65)62-54(53-69-61-60(68)59(67)58(66)56(52-63)70-61)55(64)50-48-46-44-42-40-38-36-20-18-16-14-12-10-8-6-4-2/h5,7,11,13,17,19,22-23,25-26,28-29,31-32,34-35,39-42,48,50,54-56,58-61,63-64,66-68H,3-4,6,8-10,12,14-16,18,20-21,24,27,30,33,36-38,43-47,49,51-53H2,1-2H3,(H,62,65)/b7-5-,13-11-,19-17-,23-22-,26-25-,29-28-,32-31-,35-34-,41-39-,42-40+,50-48+. The average molecular weight is 974 g/mol. The van der Waals surface area contributed by atoms with Crippen molar-refractivity contribution in [1.29, 1.82) is 0 Å². The number of unbranched alkanes of at least 4 members (excludes halogenated alkanes) is 14. The van der Waals surface area contributed by atoms with Crippen LogP contribution in [0, 0.1) is 0 Å². The van der Waals surface area contributed by atoms with Gasteiger partial charge in [0, 0.05) is 6.42 Å². The van der Waals surface area contributed by atoms with E-state index in [0.717, 1.165) is 96.3 Å². The predicted octanol–water partition coefficient (Wildman–Crippen LogP) is 13.3. The highest BCUT2D eigenvalue weighted by atomic mass is 16.7. The highest BCUT2D eigenvalue weighted by molar-refractivity contribution is 5.76. The second-order valence-corrected chi connectivity index (χ2v) is 18.3. The maximum absolute atomic E-state index is 13.0. The van der Waals surface area contributed by atoms with Gasteiger partial charge in [-0.1, -0.05) is 212 Å². The third kappa shape index (κ3) is 38.1. The summed E-state index contributed by atoms with van der Waals surface area (Å²) in [7, 11) is 0. The number of hydrogen-bond acceptors (Lipinski definition) is 8. The van der Waals surface area contributed by atoms with Crippen molar-refractivity contribution in [3.8, 4) is 0 Å². The molecule has 1 fully saturated rings. The molecule has 0 spiro atoms. The maximum atomic E-state index is 13.0. The predicted molar refractivity (Wildman–Crippen MR) is 294 cm³/mol. The van der Waals surface area contributed by atoms with Crippen molar-refractivity contribution in [2.75, 3.05) is 13.2 Å². The first-order valence-electron chi connectivity index (χ1n) is 27.4. The number of carbonyl (C=O) groups excluding carboxylic acids is 1. The van der Waals surface area contributed by atoms with Crippen LogP contribution in [0.1, 0.15) is 187 Å². The van der Waals surface area contributed by atoms with Gasteiger partial charge in [0.1, 0.15) is 24.4 Å². The number of amides is 1. The van der Waals surface area contributed by atoms with Crippen LogP contribution in [0.15, 0.2) is 134 Å². The third-order valence-corrected chi connectivity index (χ3v) is 12.0. The van der Waals surface area contributed by atoms with E-state index < -0.39 is 49.5 Å². The van der Waals surface area contributed by atoms with Crippen LogP contribution in [0.5, 0.6) is 0 Å². The van der Waals surface area contributed by atoms with E-state index in [1.54, 1.807) is 6.08 Å². The number of rotatable bonds is 44. The highest BCUT2D eigenvalue weighted by Crippen LogP contribution is 2.22. The molecule has 0 aromatic rings. The topological polar surface area (TPSA) is 149 Å². The van der Waals surface area contributed by atoms with Crippen molar-refractivity contribution >= 4 is 5.91 Å². The Labute approximate surface area is 426 Å². The molecular weight excluding hydrogens is 875 g/mol. The van der Waals surface area contributed by atoms with Crippen LogP contribution < -0.4 is 5.32 Å². The fraction of sp³-hybridized carbons (Fsp3) is 0.623. The SMILES string of the molecule is CC/C=C\C/C=C\C/C=C\C/C=C\C/C=C\C/C=C\C/C=C\C/C=C\C/C=C\CCCCCC(=O)NC(COC1OC(CO)C(O)C(O)C1O)C(O)/C=C/CC/C=C/CCCCCCCCCCCC. The first kappa shape index (κ1) is 64.3. The molecule has 1 aliphatic heterocycles. The van der Waals surface area contributed by atoms with Crippen molar-refractivity contribution in [2.24, 2.45) is 0 Å². The van der Waals surface area contributed by atoms with Gasteiger partial charge in [0.05, 0.1) is 25.4 Å². The summed E-state index contributed by atoms with van der Waals surface area (Å²) >= 11 is 0. The molecule has 0 bridgehead atoms. The van der Waals surface area contributed by atoms with E-state index in [9.17, 15) is 30.3 Å². The number of hydrogen-bond donors (Lipinski definition) is 6. The van der Waals surface area contributed by atoms with E-state index in [-0.39, 0.29) is 18.9 Å². The quantitative estimate of drug-likeness (QED) is 0.0261. The van der Waals surface area contributed by atoms with Gasteiger partial charge in [0.15, 0.2) is 6.29 Å². The second kappa shape index (κ2) is 48.9. The lowest BCUT2D eigenvalue weighted by Crippen LogP contribution is -2.60. The molecule has 0 saturated carbocycles. The van der Waals surface area contributed by atoms with Crippen LogP contribution in [0.2, 0.25) is 0 Å². The molecule has 396 valence electrons. The fourth-order valence-corrected chi connectivity index (χ4v) is 7.63. The molecular formula is C61H99NO8. The van der Waals surface area contributed by atoms with Gasteiger partial charge >= 0.3 is 0 Å². The summed E-state index contributed by atoms with van der Waals surface area (Å²) in [5, 5.41) is 54.3. The van der Waals surface area contributed by atoms with Crippen LogP contribution in [0.3, 0.4) is 0 Å². The summed E-state index contributed by atoms with van der Waals surface area (Å²) in [6.45, 7) is 3.61. The van der Waals surface area contributed by atoms with Crippen LogP contribution in [-0.4, -0.2) is 87.5 Å². The summed E-state index contributed by atoms with van der Waals surface area (Å²) in [4.78, 5) is 13.0. The van der Waals surface area contributed by atoms with Gasteiger partial charge in [-0.15, -0.1) is 0 Å². The zero-order valence-electron chi connectivity index (χ0n) is 43.7. The van der Waals surface area contributed by atoms with Crippen molar-refractivity contribution in [3.63, 3.8) is 0 Å². The number of allylic oxidation sites excluding steroid dienone is 21. The van der Waals surface area contributed by atoms with Crippen LogP contribution >= 0.6 is 0 Å². The van der Waals surface area contributed by atoms with Crippen molar-refractivity contribution in [1.82, 2.24) is 5.32 Å². The van der Waals surface area contributed by atoms with E-state index in [1.165, 1.54) is 64.2 Å². The minimum atomic E-state index is -1.59. The molecule has 0 aromatic heterocycles. The number of carbonyl (C=O) groups is 1. The molecule has 0 radical (unpaired) electrons. The van der Waals surface area contributed by atoms with Crippen molar-refractivity contribution in [3.05, 3.63) is 134 Å².